The van der Waals surface area contributed by atoms with Crippen LogP contribution in [0.5, 0.6) is 0 Å². The minimum atomic E-state index is -0.276. The number of allylic oxidation sites excluding steroid dienone is 4. The molecule has 2 aromatic rings. The number of thioether (sulfide) groups is 1. The van der Waals surface area contributed by atoms with Crippen molar-refractivity contribution in [2.75, 3.05) is 5.75 Å². The van der Waals surface area contributed by atoms with Crippen LogP contribution in [0.15, 0.2) is 52.5 Å². The van der Waals surface area contributed by atoms with Crippen LogP contribution in [0.2, 0.25) is 0 Å². The van der Waals surface area contributed by atoms with E-state index in [4.69, 9.17) is 0 Å². The van der Waals surface area contributed by atoms with E-state index in [1.54, 1.807) is 12.4 Å². The van der Waals surface area contributed by atoms with Crippen molar-refractivity contribution in [3.8, 4) is 11.1 Å². The van der Waals surface area contributed by atoms with Gasteiger partial charge in [0.1, 0.15) is 5.82 Å². The Hall–Kier alpha value is -2.34. The molecule has 6 heteroatoms. The van der Waals surface area contributed by atoms with Gasteiger partial charge < -0.3 is 5.32 Å². The van der Waals surface area contributed by atoms with Crippen LogP contribution in [0.4, 0.5) is 4.39 Å². The second-order valence-corrected chi connectivity index (χ2v) is 8.03. The number of dihydropyridines is 1. The third-order valence-electron chi connectivity index (χ3n) is 5.35. The smallest absolute Gasteiger partial charge is 0.161 e. The highest BCUT2D eigenvalue weighted by atomic mass is 32.2. The zero-order chi connectivity index (χ0) is 17.7. The van der Waals surface area contributed by atoms with Crippen LogP contribution in [-0.2, 0) is 4.79 Å². The average Bonchev–Trinajstić information content (AvgIpc) is 3.32. The first kappa shape index (κ1) is 15.9. The number of rotatable bonds is 2. The summed E-state index contributed by atoms with van der Waals surface area (Å²) in [6.07, 6.45) is 6.72. The van der Waals surface area contributed by atoms with Gasteiger partial charge in [-0.2, -0.15) is 5.10 Å². The number of hydrogen-bond donors (Lipinski definition) is 2. The van der Waals surface area contributed by atoms with E-state index >= 15 is 0 Å². The number of nitrogens with zero attached hydrogens (tertiary/aromatic N) is 1. The molecule has 0 spiro atoms. The molecule has 2 aliphatic heterocycles. The monoisotopic (exact) mass is 367 g/mol. The SMILES string of the molecule is O=C1CCCC2=C1C(c1ccc(F)c(-c3cn[nH]c3)c1)C1=C(CCS1)N2. The van der Waals surface area contributed by atoms with E-state index in [1.165, 1.54) is 16.7 Å². The molecule has 1 aromatic heterocycles. The van der Waals surface area contributed by atoms with Crippen LogP contribution in [0, 0.1) is 5.82 Å². The predicted molar refractivity (Wildman–Crippen MR) is 99.8 cm³/mol. The minimum absolute atomic E-state index is 0.0761. The molecule has 26 heavy (non-hydrogen) atoms. The lowest BCUT2D eigenvalue weighted by Crippen LogP contribution is -2.30. The molecule has 0 saturated heterocycles. The van der Waals surface area contributed by atoms with Crippen molar-refractivity contribution in [3.05, 3.63) is 63.8 Å². The van der Waals surface area contributed by atoms with Crippen molar-refractivity contribution in [1.82, 2.24) is 15.5 Å². The number of aromatic amines is 1. The van der Waals surface area contributed by atoms with E-state index in [0.717, 1.165) is 47.4 Å². The normalized spacial score (nSPS) is 22.3. The Morgan fingerprint density at radius 3 is 2.96 bits per heavy atom. The number of carbonyl (C=O) groups is 1. The van der Waals surface area contributed by atoms with Gasteiger partial charge in [-0.25, -0.2) is 4.39 Å². The van der Waals surface area contributed by atoms with Gasteiger partial charge >= 0.3 is 0 Å². The maximum atomic E-state index is 14.4. The third kappa shape index (κ3) is 2.43. The second-order valence-electron chi connectivity index (χ2n) is 6.89. The number of benzene rings is 1. The number of hydrogen-bond acceptors (Lipinski definition) is 4. The first-order valence-corrected chi connectivity index (χ1v) is 9.88. The molecule has 2 N–H and O–H groups in total. The van der Waals surface area contributed by atoms with Crippen molar-refractivity contribution >= 4 is 17.5 Å². The standard InChI is InChI=1S/C20H18FN3OS/c21-14-5-4-11(8-13(14)12-9-22-23-10-12)18-19-15(2-1-3-17(19)25)24-16-6-7-26-20(16)18/h4-5,8-10,18,24H,1-3,6-7H2,(H,22,23). The molecular weight excluding hydrogens is 349 g/mol. The fourth-order valence-corrected chi connectivity index (χ4v) is 5.43. The molecular formula is C20H18FN3OS. The number of ketones is 1. The Morgan fingerprint density at radius 2 is 2.12 bits per heavy atom. The van der Waals surface area contributed by atoms with Crippen molar-refractivity contribution < 1.29 is 9.18 Å². The van der Waals surface area contributed by atoms with Gasteiger partial charge in [0.2, 0.25) is 0 Å². The van der Waals surface area contributed by atoms with Crippen LogP contribution in [0.3, 0.4) is 0 Å². The highest BCUT2D eigenvalue weighted by Crippen LogP contribution is 2.50. The van der Waals surface area contributed by atoms with Gasteiger partial charge in [-0.1, -0.05) is 6.07 Å². The molecule has 132 valence electrons. The lowest BCUT2D eigenvalue weighted by atomic mass is 9.78. The van der Waals surface area contributed by atoms with Gasteiger partial charge in [0, 0.05) is 57.3 Å². The molecule has 0 bridgehead atoms. The zero-order valence-corrected chi connectivity index (χ0v) is 15.0. The van der Waals surface area contributed by atoms with E-state index in [0.29, 0.717) is 12.0 Å². The van der Waals surface area contributed by atoms with Crippen LogP contribution in [0.1, 0.15) is 37.2 Å². The summed E-state index contributed by atoms with van der Waals surface area (Å²) >= 11 is 1.81. The predicted octanol–water partition coefficient (Wildman–Crippen LogP) is 4.26. The fraction of sp³-hybridized carbons (Fsp3) is 0.300. The lowest BCUT2D eigenvalue weighted by molar-refractivity contribution is -0.116. The average molecular weight is 367 g/mol. The highest BCUT2D eigenvalue weighted by Gasteiger charge is 2.38. The van der Waals surface area contributed by atoms with Crippen molar-refractivity contribution in [2.45, 2.75) is 31.6 Å². The van der Waals surface area contributed by atoms with Crippen LogP contribution in [0.25, 0.3) is 11.1 Å². The number of aromatic nitrogens is 2. The molecule has 1 unspecified atom stereocenters. The Kier molecular flexibility index (Phi) is 3.74. The van der Waals surface area contributed by atoms with Crippen molar-refractivity contribution in [3.63, 3.8) is 0 Å². The molecule has 5 rings (SSSR count). The van der Waals surface area contributed by atoms with Crippen LogP contribution < -0.4 is 5.32 Å². The summed E-state index contributed by atoms with van der Waals surface area (Å²) in [6, 6.07) is 5.21. The maximum Gasteiger partial charge on any atom is 0.161 e. The maximum absolute atomic E-state index is 14.4. The molecule has 3 aliphatic rings. The molecule has 0 amide bonds. The molecule has 1 atom stereocenters. The van der Waals surface area contributed by atoms with Crippen LogP contribution in [-0.4, -0.2) is 21.7 Å². The highest BCUT2D eigenvalue weighted by molar-refractivity contribution is 8.03. The van der Waals surface area contributed by atoms with Crippen molar-refractivity contribution in [1.29, 1.82) is 0 Å². The van der Waals surface area contributed by atoms with Gasteiger partial charge in [-0.05, 0) is 37.0 Å². The lowest BCUT2D eigenvalue weighted by Gasteiger charge is -2.33. The quantitative estimate of drug-likeness (QED) is 0.833. The Labute approximate surface area is 155 Å². The number of Topliss-reactive ketones (excluding diaryl/α,β-unsaturated/α-hetero) is 1. The topological polar surface area (TPSA) is 57.8 Å². The summed E-state index contributed by atoms with van der Waals surface area (Å²) in [5, 5.41) is 10.2. The number of carbonyl (C=O) groups excluding carboxylic acids is 1. The summed E-state index contributed by atoms with van der Waals surface area (Å²) in [4.78, 5) is 14.0. The van der Waals surface area contributed by atoms with Crippen molar-refractivity contribution in [2.24, 2.45) is 0 Å². The zero-order valence-electron chi connectivity index (χ0n) is 14.1. The number of nitrogens with one attached hydrogen (secondary N) is 2. The summed E-state index contributed by atoms with van der Waals surface area (Å²) in [6.45, 7) is 0. The van der Waals surface area contributed by atoms with Crippen LogP contribution >= 0.6 is 11.8 Å². The molecule has 0 radical (unpaired) electrons. The van der Waals surface area contributed by atoms with Gasteiger partial charge in [0.05, 0.1) is 6.20 Å². The molecule has 0 saturated carbocycles. The van der Waals surface area contributed by atoms with E-state index in [1.807, 2.05) is 23.9 Å². The Balaban J connectivity index is 1.67. The van der Waals surface area contributed by atoms with E-state index in [2.05, 4.69) is 15.5 Å². The van der Waals surface area contributed by atoms with E-state index < -0.39 is 0 Å². The molecule has 3 heterocycles. The minimum Gasteiger partial charge on any atom is -0.361 e. The first-order valence-electron chi connectivity index (χ1n) is 8.90. The first-order chi connectivity index (χ1) is 12.7. The van der Waals surface area contributed by atoms with Gasteiger partial charge in [-0.15, -0.1) is 11.8 Å². The van der Waals surface area contributed by atoms with Gasteiger partial charge in [-0.3, -0.25) is 9.89 Å². The summed E-state index contributed by atoms with van der Waals surface area (Å²) < 4.78 is 14.4. The van der Waals surface area contributed by atoms with E-state index in [-0.39, 0.29) is 17.5 Å². The summed E-state index contributed by atoms with van der Waals surface area (Å²) in [5.74, 6) is 0.893. The fourth-order valence-electron chi connectivity index (χ4n) is 4.16. The largest absolute Gasteiger partial charge is 0.361 e. The Bertz CT molecular complexity index is 961. The number of halogens is 1. The summed E-state index contributed by atoms with van der Waals surface area (Å²) in [7, 11) is 0. The van der Waals surface area contributed by atoms with E-state index in [9.17, 15) is 9.18 Å². The molecule has 1 aromatic carbocycles. The summed E-state index contributed by atoms with van der Waals surface area (Å²) in [5.41, 5.74) is 5.41. The molecule has 4 nitrogen and oxygen atoms in total. The van der Waals surface area contributed by atoms with Gasteiger partial charge in [0.15, 0.2) is 5.78 Å². The van der Waals surface area contributed by atoms with Gasteiger partial charge in [0.25, 0.3) is 0 Å². The Morgan fingerprint density at radius 1 is 1.19 bits per heavy atom. The molecule has 1 aliphatic carbocycles. The second kappa shape index (κ2) is 6.13. The third-order valence-corrected chi connectivity index (χ3v) is 6.55. The molecule has 0 fully saturated rings. The number of H-pyrrole nitrogens is 1.